The number of hydrogen-bond acceptors (Lipinski definition) is 4. The molecule has 0 aromatic heterocycles. The van der Waals surface area contributed by atoms with Gasteiger partial charge in [-0.1, -0.05) is 25.0 Å². The molecule has 2 rings (SSSR count). The summed E-state index contributed by atoms with van der Waals surface area (Å²) in [7, 11) is -0.412. The monoisotopic (exact) mass is 312 g/mol. The summed E-state index contributed by atoms with van der Waals surface area (Å²) in [6, 6.07) is 7.09. The summed E-state index contributed by atoms with van der Waals surface area (Å²) in [4.78, 5) is 0.289. The van der Waals surface area contributed by atoms with Gasteiger partial charge in [-0.3, -0.25) is 0 Å². The molecule has 1 aliphatic carbocycles. The highest BCUT2D eigenvalue weighted by Crippen LogP contribution is 2.30. The van der Waals surface area contributed by atoms with E-state index in [0.29, 0.717) is 5.69 Å². The van der Waals surface area contributed by atoms with Gasteiger partial charge in [0.2, 0.25) is 10.0 Å². The molecule has 0 aliphatic heterocycles. The second-order valence-electron chi connectivity index (χ2n) is 5.76. The summed E-state index contributed by atoms with van der Waals surface area (Å²) in [6.45, 7) is 0.139. The van der Waals surface area contributed by atoms with Crippen LogP contribution in [0.1, 0.15) is 25.7 Å². The maximum atomic E-state index is 12.4. The zero-order chi connectivity index (χ0) is 15.5. The van der Waals surface area contributed by atoms with Crippen molar-refractivity contribution in [1.29, 1.82) is 0 Å². The molecular formula is C15H24N2O3S. The Balaban J connectivity index is 2.28. The molecule has 1 fully saturated rings. The fourth-order valence-corrected chi connectivity index (χ4v) is 3.87. The van der Waals surface area contributed by atoms with Crippen molar-refractivity contribution in [3.63, 3.8) is 0 Å². The topological polar surface area (TPSA) is 69.6 Å². The molecule has 21 heavy (non-hydrogen) atoms. The predicted octanol–water partition coefficient (Wildman–Crippen LogP) is 1.90. The Hall–Kier alpha value is -1.11. The summed E-state index contributed by atoms with van der Waals surface area (Å²) in [5, 5.41) is 12.8. The number of nitrogens with zero attached hydrogens (tertiary/aromatic N) is 1. The van der Waals surface area contributed by atoms with Crippen LogP contribution in [0, 0.1) is 5.92 Å². The summed E-state index contributed by atoms with van der Waals surface area (Å²) in [5.41, 5.74) is 0.622. The van der Waals surface area contributed by atoms with Crippen LogP contribution < -0.4 is 5.32 Å². The Morgan fingerprint density at radius 1 is 1.24 bits per heavy atom. The molecule has 0 heterocycles. The second-order valence-corrected chi connectivity index (χ2v) is 7.88. The van der Waals surface area contributed by atoms with Gasteiger partial charge in [0.05, 0.1) is 5.69 Å². The van der Waals surface area contributed by atoms with Crippen LogP contribution in [0.3, 0.4) is 0 Å². The molecule has 0 bridgehead atoms. The minimum Gasteiger partial charge on any atom is -0.396 e. The van der Waals surface area contributed by atoms with Gasteiger partial charge in [0.1, 0.15) is 4.90 Å². The van der Waals surface area contributed by atoms with Gasteiger partial charge in [-0.15, -0.1) is 0 Å². The Kier molecular flexibility index (Phi) is 5.24. The van der Waals surface area contributed by atoms with Gasteiger partial charge in [-0.25, -0.2) is 12.7 Å². The highest BCUT2D eigenvalue weighted by atomic mass is 32.2. The van der Waals surface area contributed by atoms with E-state index in [4.69, 9.17) is 0 Å². The molecule has 1 saturated carbocycles. The molecular weight excluding hydrogens is 288 g/mol. The quantitative estimate of drug-likeness (QED) is 0.871. The average molecular weight is 312 g/mol. The average Bonchev–Trinajstić information content (AvgIpc) is 2.48. The van der Waals surface area contributed by atoms with Gasteiger partial charge >= 0.3 is 0 Å². The summed E-state index contributed by atoms with van der Waals surface area (Å²) >= 11 is 0. The smallest absolute Gasteiger partial charge is 0.244 e. The number of nitrogens with one attached hydrogen (secondary N) is 1. The van der Waals surface area contributed by atoms with Crippen molar-refractivity contribution in [3.8, 4) is 0 Å². The fraction of sp³-hybridized carbons (Fsp3) is 0.600. The molecule has 1 aliphatic rings. The first-order valence-corrected chi connectivity index (χ1v) is 8.79. The zero-order valence-corrected chi connectivity index (χ0v) is 13.4. The first kappa shape index (κ1) is 16.3. The van der Waals surface area contributed by atoms with E-state index < -0.39 is 10.0 Å². The first-order valence-electron chi connectivity index (χ1n) is 7.35. The molecule has 1 aromatic carbocycles. The molecule has 2 atom stereocenters. The molecule has 2 N–H and O–H groups in total. The van der Waals surface area contributed by atoms with Gasteiger partial charge < -0.3 is 10.4 Å². The maximum Gasteiger partial charge on any atom is 0.244 e. The van der Waals surface area contributed by atoms with Gasteiger partial charge in [0.25, 0.3) is 0 Å². The van der Waals surface area contributed by atoms with Gasteiger partial charge in [-0.05, 0) is 25.0 Å². The molecule has 1 aromatic rings. The van der Waals surface area contributed by atoms with Crippen LogP contribution in [0.5, 0.6) is 0 Å². The van der Waals surface area contributed by atoms with E-state index in [1.165, 1.54) is 18.4 Å². The van der Waals surface area contributed by atoms with Crippen LogP contribution in [-0.4, -0.2) is 44.6 Å². The SMILES string of the molecule is CN(C)S(=O)(=O)c1ccccc1NC1CCCCC1CO. The highest BCUT2D eigenvalue weighted by molar-refractivity contribution is 7.89. The number of para-hydroxylation sites is 1. The predicted molar refractivity (Wildman–Crippen MR) is 83.8 cm³/mol. The van der Waals surface area contributed by atoms with Gasteiger partial charge in [0, 0.05) is 32.7 Å². The molecule has 6 heteroatoms. The number of aliphatic hydroxyl groups excluding tert-OH is 1. The zero-order valence-electron chi connectivity index (χ0n) is 12.6. The lowest BCUT2D eigenvalue weighted by atomic mass is 9.85. The summed E-state index contributed by atoms with van der Waals surface area (Å²) in [6.07, 6.45) is 4.18. The van der Waals surface area contributed by atoms with Gasteiger partial charge in [0.15, 0.2) is 0 Å². The van der Waals surface area contributed by atoms with Crippen LogP contribution in [-0.2, 0) is 10.0 Å². The van der Waals surface area contributed by atoms with E-state index >= 15 is 0 Å². The van der Waals surface area contributed by atoms with Crippen molar-refractivity contribution in [1.82, 2.24) is 4.31 Å². The third-order valence-electron chi connectivity index (χ3n) is 4.13. The van der Waals surface area contributed by atoms with Crippen molar-refractivity contribution in [2.45, 2.75) is 36.6 Å². The van der Waals surface area contributed by atoms with E-state index in [0.717, 1.165) is 25.7 Å². The molecule has 0 amide bonds. The Morgan fingerprint density at radius 3 is 2.57 bits per heavy atom. The van der Waals surface area contributed by atoms with Crippen molar-refractivity contribution in [2.75, 3.05) is 26.0 Å². The lowest BCUT2D eigenvalue weighted by molar-refractivity contribution is 0.178. The Labute approximate surface area is 127 Å². The number of benzene rings is 1. The standard InChI is InChI=1S/C15H24N2O3S/c1-17(2)21(19,20)15-10-6-5-9-14(15)16-13-8-4-3-7-12(13)11-18/h5-6,9-10,12-13,16,18H,3-4,7-8,11H2,1-2H3. The van der Waals surface area contributed by atoms with Crippen LogP contribution in [0.2, 0.25) is 0 Å². The van der Waals surface area contributed by atoms with E-state index in [2.05, 4.69) is 5.32 Å². The lowest BCUT2D eigenvalue weighted by Gasteiger charge is -2.32. The lowest BCUT2D eigenvalue weighted by Crippen LogP contribution is -2.35. The fourth-order valence-electron chi connectivity index (χ4n) is 2.82. The summed E-state index contributed by atoms with van der Waals surface area (Å²) < 4.78 is 26.0. The van der Waals surface area contributed by atoms with Crippen molar-refractivity contribution in [2.24, 2.45) is 5.92 Å². The first-order chi connectivity index (χ1) is 9.96. The third kappa shape index (κ3) is 3.56. The second kappa shape index (κ2) is 6.77. The third-order valence-corrected chi connectivity index (χ3v) is 6.00. The number of rotatable bonds is 5. The molecule has 5 nitrogen and oxygen atoms in total. The molecule has 0 saturated heterocycles. The minimum atomic E-state index is -3.47. The molecule has 0 spiro atoms. The van der Waals surface area contributed by atoms with Crippen LogP contribution in [0.15, 0.2) is 29.2 Å². The molecule has 118 valence electrons. The number of aliphatic hydroxyl groups is 1. The van der Waals surface area contributed by atoms with Crippen molar-refractivity contribution in [3.05, 3.63) is 24.3 Å². The molecule has 0 radical (unpaired) electrons. The number of sulfonamides is 1. The van der Waals surface area contributed by atoms with Crippen molar-refractivity contribution >= 4 is 15.7 Å². The van der Waals surface area contributed by atoms with E-state index in [9.17, 15) is 13.5 Å². The normalized spacial score (nSPS) is 23.2. The molecule has 2 unspecified atom stereocenters. The van der Waals surface area contributed by atoms with E-state index in [1.807, 2.05) is 6.07 Å². The van der Waals surface area contributed by atoms with Crippen LogP contribution in [0.4, 0.5) is 5.69 Å². The van der Waals surface area contributed by atoms with E-state index in [-0.39, 0.29) is 23.5 Å². The van der Waals surface area contributed by atoms with Crippen LogP contribution >= 0.6 is 0 Å². The highest BCUT2D eigenvalue weighted by Gasteiger charge is 2.27. The van der Waals surface area contributed by atoms with Crippen LogP contribution in [0.25, 0.3) is 0 Å². The summed E-state index contributed by atoms with van der Waals surface area (Å²) in [5.74, 6) is 0.189. The largest absolute Gasteiger partial charge is 0.396 e. The Morgan fingerprint density at radius 2 is 1.90 bits per heavy atom. The van der Waals surface area contributed by atoms with E-state index in [1.54, 1.807) is 18.2 Å². The maximum absolute atomic E-state index is 12.4. The number of anilines is 1. The Bertz CT molecular complexity index is 572. The minimum absolute atomic E-state index is 0.127. The van der Waals surface area contributed by atoms with Gasteiger partial charge in [-0.2, -0.15) is 0 Å². The van der Waals surface area contributed by atoms with Crippen molar-refractivity contribution < 1.29 is 13.5 Å². The number of hydrogen-bond donors (Lipinski definition) is 2.